The standard InChI is InChI=1S/C9H14Cl2/c1-6(2)9(4,5)7(3)8(10)11/h1H2,2-5H3. The van der Waals surface area contributed by atoms with Crippen LogP contribution >= 0.6 is 23.2 Å². The van der Waals surface area contributed by atoms with E-state index in [1.165, 1.54) is 0 Å². The van der Waals surface area contributed by atoms with Crippen LogP contribution in [0.2, 0.25) is 0 Å². The van der Waals surface area contributed by atoms with E-state index in [2.05, 4.69) is 20.4 Å². The molecule has 0 unspecified atom stereocenters. The van der Waals surface area contributed by atoms with E-state index >= 15 is 0 Å². The Labute approximate surface area is 78.9 Å². The highest BCUT2D eigenvalue weighted by Gasteiger charge is 2.22. The average Bonchev–Trinajstić information content (AvgIpc) is 1.85. The van der Waals surface area contributed by atoms with Gasteiger partial charge in [-0.1, -0.05) is 49.2 Å². The predicted molar refractivity (Wildman–Crippen MR) is 53.0 cm³/mol. The average molecular weight is 193 g/mol. The van der Waals surface area contributed by atoms with Crippen molar-refractivity contribution in [2.45, 2.75) is 27.7 Å². The molecule has 0 heterocycles. The van der Waals surface area contributed by atoms with Crippen molar-refractivity contribution < 1.29 is 0 Å². The van der Waals surface area contributed by atoms with Crippen molar-refractivity contribution in [2.24, 2.45) is 5.41 Å². The number of hydrogen-bond acceptors (Lipinski definition) is 0. The lowest BCUT2D eigenvalue weighted by Gasteiger charge is -2.26. The lowest BCUT2D eigenvalue weighted by molar-refractivity contribution is 0.540. The van der Waals surface area contributed by atoms with E-state index < -0.39 is 0 Å². The van der Waals surface area contributed by atoms with E-state index in [1.54, 1.807) is 0 Å². The van der Waals surface area contributed by atoms with Crippen LogP contribution < -0.4 is 0 Å². The second kappa shape index (κ2) is 3.64. The van der Waals surface area contributed by atoms with E-state index in [4.69, 9.17) is 23.2 Å². The van der Waals surface area contributed by atoms with Crippen molar-refractivity contribution in [3.63, 3.8) is 0 Å². The topological polar surface area (TPSA) is 0 Å². The van der Waals surface area contributed by atoms with Gasteiger partial charge >= 0.3 is 0 Å². The molecule has 0 aromatic heterocycles. The molecule has 0 aliphatic rings. The van der Waals surface area contributed by atoms with Crippen molar-refractivity contribution in [1.29, 1.82) is 0 Å². The Morgan fingerprint density at radius 3 is 1.64 bits per heavy atom. The Kier molecular flexibility index (Phi) is 3.66. The third kappa shape index (κ3) is 2.53. The van der Waals surface area contributed by atoms with Gasteiger partial charge in [0.25, 0.3) is 0 Å². The minimum Gasteiger partial charge on any atom is -0.0993 e. The SMILES string of the molecule is C=C(C)C(C)(C)C(C)=C(Cl)Cl. The van der Waals surface area contributed by atoms with Crippen molar-refractivity contribution in [2.75, 3.05) is 0 Å². The zero-order valence-electron chi connectivity index (χ0n) is 7.46. The van der Waals surface area contributed by atoms with Gasteiger partial charge in [0.05, 0.1) is 0 Å². The van der Waals surface area contributed by atoms with Crippen molar-refractivity contribution in [3.05, 3.63) is 22.2 Å². The minimum atomic E-state index is -0.0984. The molecule has 0 aliphatic heterocycles. The molecule has 0 saturated carbocycles. The highest BCUT2D eigenvalue weighted by Crippen LogP contribution is 2.36. The van der Waals surface area contributed by atoms with Gasteiger partial charge in [-0.3, -0.25) is 0 Å². The lowest BCUT2D eigenvalue weighted by atomic mass is 9.80. The molecular formula is C9H14Cl2. The molecular weight excluding hydrogens is 179 g/mol. The highest BCUT2D eigenvalue weighted by molar-refractivity contribution is 6.56. The van der Waals surface area contributed by atoms with Crippen LogP contribution in [-0.4, -0.2) is 0 Å². The second-order valence-electron chi connectivity index (χ2n) is 3.29. The van der Waals surface area contributed by atoms with Crippen molar-refractivity contribution in [3.8, 4) is 0 Å². The zero-order chi connectivity index (χ0) is 9.23. The van der Waals surface area contributed by atoms with Crippen LogP contribution in [0.3, 0.4) is 0 Å². The summed E-state index contributed by atoms with van der Waals surface area (Å²) in [6.07, 6.45) is 0. The number of hydrogen-bond donors (Lipinski definition) is 0. The number of allylic oxidation sites excluding steroid dienone is 2. The molecule has 0 radical (unpaired) electrons. The minimum absolute atomic E-state index is 0.0984. The quantitative estimate of drug-likeness (QED) is 0.573. The largest absolute Gasteiger partial charge is 0.106 e. The van der Waals surface area contributed by atoms with Gasteiger partial charge in [-0.25, -0.2) is 0 Å². The third-order valence-electron chi connectivity index (χ3n) is 2.29. The molecule has 0 aromatic rings. The first kappa shape index (κ1) is 11.1. The molecule has 0 spiro atoms. The Balaban J connectivity index is 4.86. The molecule has 0 atom stereocenters. The van der Waals surface area contributed by atoms with E-state index in [1.807, 2.05) is 13.8 Å². The van der Waals surface area contributed by atoms with Gasteiger partial charge in [-0.15, -0.1) is 0 Å². The summed E-state index contributed by atoms with van der Waals surface area (Å²) in [5.41, 5.74) is 1.93. The molecule has 0 fully saturated rings. The summed E-state index contributed by atoms with van der Waals surface area (Å²) < 4.78 is 0.345. The smallest absolute Gasteiger partial charge is 0.0993 e. The van der Waals surface area contributed by atoms with Gasteiger partial charge in [-0.2, -0.15) is 0 Å². The van der Waals surface area contributed by atoms with Crippen LogP contribution in [0.1, 0.15) is 27.7 Å². The molecule has 0 saturated heterocycles. The van der Waals surface area contributed by atoms with Gasteiger partial charge in [0.15, 0.2) is 0 Å². The Morgan fingerprint density at radius 2 is 1.55 bits per heavy atom. The van der Waals surface area contributed by atoms with Gasteiger partial charge in [-0.05, 0) is 19.4 Å². The molecule has 0 rings (SSSR count). The summed E-state index contributed by atoms with van der Waals surface area (Å²) in [7, 11) is 0. The molecule has 64 valence electrons. The Hall–Kier alpha value is 0.0600. The summed E-state index contributed by atoms with van der Waals surface area (Å²) in [4.78, 5) is 0. The maximum atomic E-state index is 5.66. The van der Waals surface area contributed by atoms with E-state index in [0.29, 0.717) is 4.49 Å². The number of halogens is 2. The van der Waals surface area contributed by atoms with Crippen LogP contribution in [0.4, 0.5) is 0 Å². The molecule has 0 aromatic carbocycles. The van der Waals surface area contributed by atoms with Gasteiger partial charge in [0.2, 0.25) is 0 Å². The fourth-order valence-corrected chi connectivity index (χ4v) is 1.03. The first-order valence-electron chi connectivity index (χ1n) is 3.48. The van der Waals surface area contributed by atoms with Crippen molar-refractivity contribution in [1.82, 2.24) is 0 Å². The molecule has 0 bridgehead atoms. The van der Waals surface area contributed by atoms with Crippen LogP contribution in [0.15, 0.2) is 22.2 Å². The summed E-state index contributed by atoms with van der Waals surface area (Å²) in [5, 5.41) is 0. The summed E-state index contributed by atoms with van der Waals surface area (Å²) >= 11 is 11.3. The fourth-order valence-electron chi connectivity index (χ4n) is 0.556. The van der Waals surface area contributed by atoms with Gasteiger partial charge in [0.1, 0.15) is 4.49 Å². The van der Waals surface area contributed by atoms with E-state index in [0.717, 1.165) is 11.1 Å². The van der Waals surface area contributed by atoms with Gasteiger partial charge < -0.3 is 0 Å². The summed E-state index contributed by atoms with van der Waals surface area (Å²) in [5.74, 6) is 0. The second-order valence-corrected chi connectivity index (χ2v) is 4.24. The lowest BCUT2D eigenvalue weighted by Crippen LogP contribution is -2.14. The first-order valence-corrected chi connectivity index (χ1v) is 4.24. The van der Waals surface area contributed by atoms with E-state index in [-0.39, 0.29) is 5.41 Å². The molecule has 11 heavy (non-hydrogen) atoms. The van der Waals surface area contributed by atoms with Crippen LogP contribution in [0, 0.1) is 5.41 Å². The highest BCUT2D eigenvalue weighted by atomic mass is 35.5. The van der Waals surface area contributed by atoms with Crippen LogP contribution in [0.25, 0.3) is 0 Å². The molecule has 0 amide bonds. The Bertz CT molecular complexity index is 196. The first-order chi connectivity index (χ1) is 4.80. The number of rotatable bonds is 2. The molecule has 0 nitrogen and oxygen atoms in total. The zero-order valence-corrected chi connectivity index (χ0v) is 8.97. The third-order valence-corrected chi connectivity index (χ3v) is 2.85. The maximum Gasteiger partial charge on any atom is 0.106 e. The summed E-state index contributed by atoms with van der Waals surface area (Å²) in [6, 6.07) is 0. The van der Waals surface area contributed by atoms with Crippen LogP contribution in [0.5, 0.6) is 0 Å². The monoisotopic (exact) mass is 192 g/mol. The van der Waals surface area contributed by atoms with Crippen molar-refractivity contribution >= 4 is 23.2 Å². The molecule has 0 aliphatic carbocycles. The summed E-state index contributed by atoms with van der Waals surface area (Å²) in [6.45, 7) is 11.9. The molecule has 2 heteroatoms. The van der Waals surface area contributed by atoms with Gasteiger partial charge in [0, 0.05) is 5.41 Å². The molecule has 0 N–H and O–H groups in total. The predicted octanol–water partition coefficient (Wildman–Crippen LogP) is 4.30. The Morgan fingerprint density at radius 1 is 1.18 bits per heavy atom. The fraction of sp³-hybridized carbons (Fsp3) is 0.556. The van der Waals surface area contributed by atoms with Crippen LogP contribution in [-0.2, 0) is 0 Å². The normalized spacial score (nSPS) is 11.1. The maximum absolute atomic E-state index is 5.66. The van der Waals surface area contributed by atoms with E-state index in [9.17, 15) is 0 Å².